The van der Waals surface area contributed by atoms with E-state index in [9.17, 15) is 9.59 Å². The molecular weight excluding hydrogens is 318 g/mol. The lowest BCUT2D eigenvalue weighted by atomic mass is 9.84. The maximum atomic E-state index is 12.0. The normalized spacial score (nSPS) is 17.9. The molecule has 0 aromatic heterocycles. The smallest absolute Gasteiger partial charge is 0.227 e. The van der Waals surface area contributed by atoms with Crippen molar-refractivity contribution in [3.63, 3.8) is 0 Å². The molecule has 1 saturated heterocycles. The first-order valence-electron chi connectivity index (χ1n) is 7.41. The zero-order chi connectivity index (χ0) is 16.2. The second-order valence-electron chi connectivity index (χ2n) is 6.04. The fraction of sp³-hybridized carbons (Fsp3) is 0.500. The molecule has 0 saturated carbocycles. The van der Waals surface area contributed by atoms with Crippen LogP contribution in [0.25, 0.3) is 0 Å². The monoisotopic (exact) mass is 341 g/mol. The van der Waals surface area contributed by atoms with E-state index in [0.717, 1.165) is 12.1 Å². The summed E-state index contributed by atoms with van der Waals surface area (Å²) in [5, 5.41) is 6.09. The van der Waals surface area contributed by atoms with E-state index in [1.807, 2.05) is 12.1 Å². The SMILES string of the molecule is CC(C)(C(N)=O)c1ccc(NC(=O)CC2COCCN2)cc1.Cl. The molecule has 1 aliphatic rings. The van der Waals surface area contributed by atoms with E-state index in [0.29, 0.717) is 25.3 Å². The maximum absolute atomic E-state index is 12.0. The summed E-state index contributed by atoms with van der Waals surface area (Å²) in [4.78, 5) is 23.4. The molecule has 0 radical (unpaired) electrons. The number of amides is 2. The number of anilines is 1. The molecule has 2 rings (SSSR count). The zero-order valence-electron chi connectivity index (χ0n) is 13.4. The van der Waals surface area contributed by atoms with E-state index in [1.54, 1.807) is 26.0 Å². The van der Waals surface area contributed by atoms with Gasteiger partial charge in [0, 0.05) is 24.7 Å². The van der Waals surface area contributed by atoms with Gasteiger partial charge in [0.05, 0.1) is 18.6 Å². The van der Waals surface area contributed by atoms with E-state index < -0.39 is 5.41 Å². The Morgan fingerprint density at radius 3 is 2.52 bits per heavy atom. The van der Waals surface area contributed by atoms with Gasteiger partial charge in [0.15, 0.2) is 0 Å². The summed E-state index contributed by atoms with van der Waals surface area (Å²) >= 11 is 0. The lowest BCUT2D eigenvalue weighted by molar-refractivity contribution is -0.122. The number of primary amides is 1. The van der Waals surface area contributed by atoms with Crippen molar-refractivity contribution < 1.29 is 14.3 Å². The summed E-state index contributed by atoms with van der Waals surface area (Å²) in [6.45, 7) is 5.57. The Kier molecular flexibility index (Phi) is 7.00. The van der Waals surface area contributed by atoms with Crippen LogP contribution in [0.4, 0.5) is 5.69 Å². The van der Waals surface area contributed by atoms with Crippen LogP contribution < -0.4 is 16.4 Å². The Bertz CT molecular complexity index is 540. The van der Waals surface area contributed by atoms with Crippen molar-refractivity contribution in [3.05, 3.63) is 29.8 Å². The van der Waals surface area contributed by atoms with E-state index in [1.165, 1.54) is 0 Å². The van der Waals surface area contributed by atoms with Gasteiger partial charge >= 0.3 is 0 Å². The molecule has 2 amide bonds. The molecular formula is C16H24ClN3O3. The minimum absolute atomic E-state index is 0. The highest BCUT2D eigenvalue weighted by molar-refractivity contribution is 5.91. The third-order valence-corrected chi connectivity index (χ3v) is 3.94. The zero-order valence-corrected chi connectivity index (χ0v) is 14.2. The Morgan fingerprint density at radius 2 is 2.00 bits per heavy atom. The molecule has 23 heavy (non-hydrogen) atoms. The van der Waals surface area contributed by atoms with E-state index in [-0.39, 0.29) is 30.3 Å². The van der Waals surface area contributed by atoms with Crippen LogP contribution in [0.3, 0.4) is 0 Å². The predicted molar refractivity (Wildman–Crippen MR) is 91.8 cm³/mol. The Hall–Kier alpha value is -1.63. The van der Waals surface area contributed by atoms with E-state index >= 15 is 0 Å². The van der Waals surface area contributed by atoms with Gasteiger partial charge in [0.25, 0.3) is 0 Å². The lowest BCUT2D eigenvalue weighted by Gasteiger charge is -2.23. The molecule has 1 fully saturated rings. The number of hydrogen-bond donors (Lipinski definition) is 3. The average Bonchev–Trinajstić information content (AvgIpc) is 2.48. The summed E-state index contributed by atoms with van der Waals surface area (Å²) in [6, 6.07) is 7.23. The fourth-order valence-corrected chi connectivity index (χ4v) is 2.30. The molecule has 4 N–H and O–H groups in total. The predicted octanol–water partition coefficient (Wildman–Crippen LogP) is 1.19. The van der Waals surface area contributed by atoms with Crippen molar-refractivity contribution in [1.29, 1.82) is 0 Å². The van der Waals surface area contributed by atoms with E-state index in [2.05, 4.69) is 10.6 Å². The summed E-state index contributed by atoms with van der Waals surface area (Å²) in [7, 11) is 0. The molecule has 0 spiro atoms. The molecule has 6 nitrogen and oxygen atoms in total. The third-order valence-electron chi connectivity index (χ3n) is 3.94. The Labute approximate surface area is 142 Å². The molecule has 1 unspecified atom stereocenters. The number of rotatable bonds is 5. The number of halogens is 1. The van der Waals surface area contributed by atoms with Crippen LogP contribution >= 0.6 is 12.4 Å². The highest BCUT2D eigenvalue weighted by Gasteiger charge is 2.27. The van der Waals surface area contributed by atoms with Crippen molar-refractivity contribution in [1.82, 2.24) is 5.32 Å². The van der Waals surface area contributed by atoms with Gasteiger partial charge in [0.1, 0.15) is 0 Å². The molecule has 1 aromatic rings. The van der Waals surface area contributed by atoms with Crippen molar-refractivity contribution in [2.45, 2.75) is 31.7 Å². The number of nitrogens with two attached hydrogens (primary N) is 1. The van der Waals surface area contributed by atoms with Crippen molar-refractivity contribution in [2.75, 3.05) is 25.1 Å². The molecule has 0 bridgehead atoms. The summed E-state index contributed by atoms with van der Waals surface area (Å²) in [6.07, 6.45) is 0.370. The van der Waals surface area contributed by atoms with Gasteiger partial charge in [0.2, 0.25) is 11.8 Å². The minimum Gasteiger partial charge on any atom is -0.378 e. The molecule has 1 aliphatic heterocycles. The molecule has 7 heteroatoms. The van der Waals surface area contributed by atoms with Crippen LogP contribution in [0.1, 0.15) is 25.8 Å². The number of ether oxygens (including phenoxy) is 1. The number of nitrogens with one attached hydrogen (secondary N) is 2. The average molecular weight is 342 g/mol. The highest BCUT2D eigenvalue weighted by Crippen LogP contribution is 2.24. The fourth-order valence-electron chi connectivity index (χ4n) is 2.30. The first-order chi connectivity index (χ1) is 10.4. The summed E-state index contributed by atoms with van der Waals surface area (Å²) < 4.78 is 5.32. The number of carbonyl (C=O) groups is 2. The standard InChI is InChI=1S/C16H23N3O3.ClH/c1-16(2,15(17)21)11-3-5-12(6-4-11)19-14(20)9-13-10-22-8-7-18-13;/h3-6,13,18H,7-10H2,1-2H3,(H2,17,21)(H,19,20);1H. The maximum Gasteiger partial charge on any atom is 0.227 e. The highest BCUT2D eigenvalue weighted by atomic mass is 35.5. The first-order valence-corrected chi connectivity index (χ1v) is 7.41. The van der Waals surface area contributed by atoms with Crippen LogP contribution in [0.15, 0.2) is 24.3 Å². The number of benzene rings is 1. The van der Waals surface area contributed by atoms with Crippen molar-refractivity contribution >= 4 is 29.9 Å². The van der Waals surface area contributed by atoms with Gasteiger partial charge in [-0.15, -0.1) is 12.4 Å². The van der Waals surface area contributed by atoms with E-state index in [4.69, 9.17) is 10.5 Å². The van der Waals surface area contributed by atoms with Crippen LogP contribution in [-0.4, -0.2) is 37.6 Å². The Balaban J connectivity index is 0.00000264. The van der Waals surface area contributed by atoms with Crippen LogP contribution in [-0.2, 0) is 19.7 Å². The first kappa shape index (κ1) is 19.4. The molecule has 1 atom stereocenters. The molecule has 128 valence electrons. The third kappa shape index (κ3) is 5.20. The second-order valence-corrected chi connectivity index (χ2v) is 6.04. The van der Waals surface area contributed by atoms with Gasteiger partial charge in [-0.2, -0.15) is 0 Å². The second kappa shape index (κ2) is 8.29. The Morgan fingerprint density at radius 1 is 1.35 bits per heavy atom. The summed E-state index contributed by atoms with van der Waals surface area (Å²) in [5.41, 5.74) is 6.19. The topological polar surface area (TPSA) is 93.5 Å². The molecule has 1 aromatic carbocycles. The quantitative estimate of drug-likeness (QED) is 0.750. The van der Waals surface area contributed by atoms with Crippen LogP contribution in [0.2, 0.25) is 0 Å². The van der Waals surface area contributed by atoms with Gasteiger partial charge in [-0.25, -0.2) is 0 Å². The number of carbonyl (C=O) groups excluding carboxylic acids is 2. The van der Waals surface area contributed by atoms with Crippen LogP contribution in [0.5, 0.6) is 0 Å². The van der Waals surface area contributed by atoms with Crippen molar-refractivity contribution in [2.24, 2.45) is 5.73 Å². The largest absolute Gasteiger partial charge is 0.378 e. The van der Waals surface area contributed by atoms with Gasteiger partial charge < -0.3 is 21.1 Å². The van der Waals surface area contributed by atoms with Crippen molar-refractivity contribution in [3.8, 4) is 0 Å². The lowest BCUT2D eigenvalue weighted by Crippen LogP contribution is -2.43. The summed E-state index contributed by atoms with van der Waals surface area (Å²) in [5.74, 6) is -0.447. The van der Waals surface area contributed by atoms with Gasteiger partial charge in [-0.3, -0.25) is 9.59 Å². The number of hydrogen-bond acceptors (Lipinski definition) is 4. The number of morpholine rings is 1. The molecule has 0 aliphatic carbocycles. The van der Waals surface area contributed by atoms with Crippen LogP contribution in [0, 0.1) is 0 Å². The minimum atomic E-state index is -0.730. The van der Waals surface area contributed by atoms with Gasteiger partial charge in [-0.05, 0) is 31.5 Å². The van der Waals surface area contributed by atoms with Gasteiger partial charge in [-0.1, -0.05) is 12.1 Å². The molecule has 1 heterocycles.